The van der Waals surface area contributed by atoms with E-state index >= 15 is 0 Å². The molecule has 2 bridgehead atoms. The molecule has 2 nitrogen and oxygen atoms in total. The molecule has 3 aliphatic rings. The fraction of sp³-hybridized carbons (Fsp3) is 0.944. The van der Waals surface area contributed by atoms with Gasteiger partial charge in [0.2, 0.25) is 0 Å². The van der Waals surface area contributed by atoms with Crippen molar-refractivity contribution in [2.45, 2.75) is 71.8 Å². The Kier molecular flexibility index (Phi) is 4.10. The van der Waals surface area contributed by atoms with Crippen LogP contribution in [0.5, 0.6) is 0 Å². The maximum absolute atomic E-state index is 12.5. The molecule has 0 amide bonds. The van der Waals surface area contributed by atoms with Gasteiger partial charge in [-0.3, -0.25) is 4.79 Å². The SMILES string of the molecule is CC(OC(=O)C1CC2CC1C(C)C2C)C1CCCCC1. The number of carbonyl (C=O) groups is 1. The van der Waals surface area contributed by atoms with Gasteiger partial charge in [-0.1, -0.05) is 33.1 Å². The van der Waals surface area contributed by atoms with Crippen LogP contribution in [0.4, 0.5) is 0 Å². The van der Waals surface area contributed by atoms with E-state index in [0.29, 0.717) is 17.8 Å². The summed E-state index contributed by atoms with van der Waals surface area (Å²) in [4.78, 5) is 12.5. The fourth-order valence-corrected chi connectivity index (χ4v) is 5.18. The third kappa shape index (κ3) is 2.51. The number of ether oxygens (including phenoxy) is 1. The van der Waals surface area contributed by atoms with Gasteiger partial charge in [0.15, 0.2) is 0 Å². The van der Waals surface area contributed by atoms with E-state index in [1.54, 1.807) is 0 Å². The normalized spacial score (nSPS) is 42.6. The summed E-state index contributed by atoms with van der Waals surface area (Å²) < 4.78 is 5.87. The molecule has 0 aliphatic heterocycles. The van der Waals surface area contributed by atoms with Crippen LogP contribution in [0.2, 0.25) is 0 Å². The van der Waals surface area contributed by atoms with E-state index in [0.717, 1.165) is 18.3 Å². The van der Waals surface area contributed by atoms with Crippen LogP contribution in [0.3, 0.4) is 0 Å². The van der Waals surface area contributed by atoms with E-state index in [4.69, 9.17) is 4.74 Å². The second kappa shape index (κ2) is 5.69. The Labute approximate surface area is 123 Å². The monoisotopic (exact) mass is 278 g/mol. The van der Waals surface area contributed by atoms with Gasteiger partial charge in [-0.05, 0) is 62.2 Å². The van der Waals surface area contributed by atoms with E-state index in [1.807, 2.05) is 0 Å². The van der Waals surface area contributed by atoms with Crippen LogP contribution in [0.15, 0.2) is 0 Å². The first kappa shape index (κ1) is 14.4. The first-order chi connectivity index (χ1) is 9.58. The highest BCUT2D eigenvalue weighted by atomic mass is 16.5. The molecule has 3 rings (SSSR count). The molecule has 0 aromatic carbocycles. The van der Waals surface area contributed by atoms with Gasteiger partial charge in [0, 0.05) is 0 Å². The Hall–Kier alpha value is -0.530. The maximum Gasteiger partial charge on any atom is 0.309 e. The molecule has 20 heavy (non-hydrogen) atoms. The van der Waals surface area contributed by atoms with Crippen molar-refractivity contribution in [3.8, 4) is 0 Å². The number of hydrogen-bond donors (Lipinski definition) is 0. The molecule has 0 heterocycles. The van der Waals surface area contributed by atoms with Crippen molar-refractivity contribution >= 4 is 5.97 Å². The lowest BCUT2D eigenvalue weighted by Crippen LogP contribution is -2.34. The molecule has 0 radical (unpaired) electrons. The number of carbonyl (C=O) groups excluding carboxylic acids is 1. The molecule has 2 heteroatoms. The van der Waals surface area contributed by atoms with Crippen molar-refractivity contribution in [1.29, 1.82) is 0 Å². The second-order valence-corrected chi connectivity index (χ2v) is 7.76. The van der Waals surface area contributed by atoms with Crippen molar-refractivity contribution in [3.63, 3.8) is 0 Å². The minimum absolute atomic E-state index is 0.120. The lowest BCUT2D eigenvalue weighted by molar-refractivity contribution is -0.159. The van der Waals surface area contributed by atoms with Crippen molar-refractivity contribution in [2.24, 2.45) is 35.5 Å². The molecule has 0 N–H and O–H groups in total. The number of fused-ring (bicyclic) bond motifs is 2. The van der Waals surface area contributed by atoms with E-state index in [2.05, 4.69) is 20.8 Å². The lowest BCUT2D eigenvalue weighted by Gasteiger charge is -2.33. The zero-order valence-electron chi connectivity index (χ0n) is 13.3. The average Bonchev–Trinajstić information content (AvgIpc) is 3.01. The molecule has 0 aromatic heterocycles. The van der Waals surface area contributed by atoms with Crippen LogP contribution in [-0.4, -0.2) is 12.1 Å². The molecule has 0 saturated heterocycles. The highest BCUT2D eigenvalue weighted by Crippen LogP contribution is 2.55. The quantitative estimate of drug-likeness (QED) is 0.714. The van der Waals surface area contributed by atoms with Gasteiger partial charge in [-0.2, -0.15) is 0 Å². The van der Waals surface area contributed by atoms with E-state index < -0.39 is 0 Å². The molecule has 3 aliphatic carbocycles. The maximum atomic E-state index is 12.5. The van der Waals surface area contributed by atoms with Crippen LogP contribution < -0.4 is 0 Å². The third-order valence-electron chi connectivity index (χ3n) is 6.82. The summed E-state index contributed by atoms with van der Waals surface area (Å²) in [5.74, 6) is 3.82. The number of hydrogen-bond acceptors (Lipinski definition) is 2. The van der Waals surface area contributed by atoms with Gasteiger partial charge < -0.3 is 4.74 Å². The summed E-state index contributed by atoms with van der Waals surface area (Å²) in [7, 11) is 0. The van der Waals surface area contributed by atoms with Crippen molar-refractivity contribution in [1.82, 2.24) is 0 Å². The topological polar surface area (TPSA) is 26.3 Å². The number of esters is 1. The average molecular weight is 278 g/mol. The highest BCUT2D eigenvalue weighted by molar-refractivity contribution is 5.73. The van der Waals surface area contributed by atoms with Crippen LogP contribution in [0.25, 0.3) is 0 Å². The molecule has 114 valence electrons. The second-order valence-electron chi connectivity index (χ2n) is 7.76. The molecule has 3 fully saturated rings. The first-order valence-electron chi connectivity index (χ1n) is 8.78. The molecular formula is C18H30O2. The Morgan fingerprint density at radius 3 is 2.35 bits per heavy atom. The molecule has 3 saturated carbocycles. The summed E-state index contributed by atoms with van der Waals surface area (Å²) >= 11 is 0. The lowest BCUT2D eigenvalue weighted by atomic mass is 9.76. The largest absolute Gasteiger partial charge is 0.462 e. The summed E-state index contributed by atoms with van der Waals surface area (Å²) in [5.41, 5.74) is 0. The summed E-state index contributed by atoms with van der Waals surface area (Å²) in [6, 6.07) is 0. The van der Waals surface area contributed by atoms with Crippen LogP contribution in [0, 0.1) is 35.5 Å². The van der Waals surface area contributed by atoms with E-state index in [-0.39, 0.29) is 18.0 Å². The highest BCUT2D eigenvalue weighted by Gasteiger charge is 2.51. The van der Waals surface area contributed by atoms with Crippen LogP contribution in [0.1, 0.15) is 65.7 Å². The summed E-state index contributed by atoms with van der Waals surface area (Å²) in [6.07, 6.45) is 8.97. The van der Waals surface area contributed by atoms with Crippen LogP contribution in [-0.2, 0) is 9.53 Å². The predicted octanol–water partition coefficient (Wildman–Crippen LogP) is 4.43. The smallest absolute Gasteiger partial charge is 0.309 e. The predicted molar refractivity (Wildman–Crippen MR) is 80.2 cm³/mol. The van der Waals surface area contributed by atoms with Crippen LogP contribution >= 0.6 is 0 Å². The minimum Gasteiger partial charge on any atom is -0.462 e. The van der Waals surface area contributed by atoms with E-state index in [9.17, 15) is 4.79 Å². The Bertz CT molecular complexity index is 356. The van der Waals surface area contributed by atoms with Gasteiger partial charge >= 0.3 is 5.97 Å². The molecule has 6 unspecified atom stereocenters. The Morgan fingerprint density at radius 1 is 1.05 bits per heavy atom. The fourth-order valence-electron chi connectivity index (χ4n) is 5.18. The van der Waals surface area contributed by atoms with Crippen molar-refractivity contribution in [2.75, 3.05) is 0 Å². The Morgan fingerprint density at radius 2 is 1.75 bits per heavy atom. The molecule has 0 aromatic rings. The first-order valence-corrected chi connectivity index (χ1v) is 8.78. The summed E-state index contributed by atoms with van der Waals surface area (Å²) in [6.45, 7) is 6.81. The van der Waals surface area contributed by atoms with Gasteiger partial charge in [0.25, 0.3) is 0 Å². The Balaban J connectivity index is 1.55. The number of rotatable bonds is 3. The van der Waals surface area contributed by atoms with Gasteiger partial charge in [0.05, 0.1) is 5.92 Å². The molecule has 6 atom stereocenters. The van der Waals surface area contributed by atoms with Crippen molar-refractivity contribution in [3.05, 3.63) is 0 Å². The van der Waals surface area contributed by atoms with Gasteiger partial charge in [-0.15, -0.1) is 0 Å². The zero-order chi connectivity index (χ0) is 14.3. The zero-order valence-corrected chi connectivity index (χ0v) is 13.3. The van der Waals surface area contributed by atoms with E-state index in [1.165, 1.54) is 38.5 Å². The van der Waals surface area contributed by atoms with Gasteiger partial charge in [0.1, 0.15) is 6.10 Å². The standard InChI is InChI=1S/C18H30O2/c1-11-12(2)16-9-15(11)10-17(16)18(19)20-13(3)14-7-5-4-6-8-14/h11-17H,4-10H2,1-3H3. The molecular weight excluding hydrogens is 248 g/mol. The molecule has 0 spiro atoms. The summed E-state index contributed by atoms with van der Waals surface area (Å²) in [5, 5.41) is 0. The third-order valence-corrected chi connectivity index (χ3v) is 6.82. The van der Waals surface area contributed by atoms with Crippen molar-refractivity contribution < 1.29 is 9.53 Å². The van der Waals surface area contributed by atoms with Gasteiger partial charge in [-0.25, -0.2) is 0 Å². The minimum atomic E-state index is 0.120.